The molecular weight excluding hydrogens is 420 g/mol. The highest BCUT2D eigenvalue weighted by atomic mass is 16.3. The molecule has 2 fully saturated rings. The topological polar surface area (TPSA) is 175 Å². The molecule has 1 amide bonds. The van der Waals surface area contributed by atoms with Crippen LogP contribution >= 0.6 is 0 Å². The summed E-state index contributed by atoms with van der Waals surface area (Å²) in [5.74, 6) is -13.1. The first-order valence-corrected chi connectivity index (χ1v) is 10.2. The van der Waals surface area contributed by atoms with Gasteiger partial charge in [0.25, 0.3) is 0 Å². The molecule has 32 heavy (non-hydrogen) atoms. The number of likely N-dealkylation sites (N-methyl/N-ethyl adjacent to an activating group) is 1. The Kier molecular flexibility index (Phi) is 4.89. The molecule has 8 atom stereocenters. The van der Waals surface area contributed by atoms with Crippen LogP contribution < -0.4 is 5.73 Å². The number of carbonyl (C=O) groups excluding carboxylic acids is 5. The molecule has 4 rings (SSSR count). The van der Waals surface area contributed by atoms with E-state index in [4.69, 9.17) is 5.73 Å². The summed E-state index contributed by atoms with van der Waals surface area (Å²) in [4.78, 5) is 66.3. The molecule has 2 saturated carbocycles. The van der Waals surface area contributed by atoms with Gasteiger partial charge in [0.05, 0.1) is 29.5 Å². The van der Waals surface area contributed by atoms with Crippen LogP contribution in [0.15, 0.2) is 18.2 Å². The van der Waals surface area contributed by atoms with E-state index in [1.165, 1.54) is 31.1 Å². The minimum absolute atomic E-state index is 0.112. The molecule has 3 aliphatic rings. The number of benzene rings is 1. The number of primary amides is 1. The summed E-state index contributed by atoms with van der Waals surface area (Å²) < 4.78 is 0. The maximum absolute atomic E-state index is 13.6. The summed E-state index contributed by atoms with van der Waals surface area (Å²) in [5.41, 5.74) is 2.58. The predicted octanol–water partition coefficient (Wildman–Crippen LogP) is -1.60. The first-order valence-electron chi connectivity index (χ1n) is 10.2. The van der Waals surface area contributed by atoms with E-state index in [9.17, 15) is 39.3 Å². The van der Waals surface area contributed by atoms with E-state index in [1.54, 1.807) is 13.0 Å². The van der Waals surface area contributed by atoms with Crippen LogP contribution in [0.2, 0.25) is 0 Å². The van der Waals surface area contributed by atoms with Crippen LogP contribution in [0.3, 0.4) is 0 Å². The first kappa shape index (κ1) is 22.3. The third-order valence-corrected chi connectivity index (χ3v) is 7.35. The smallest absolute Gasteiger partial charge is 0.235 e. The van der Waals surface area contributed by atoms with E-state index < -0.39 is 76.4 Å². The second kappa shape index (κ2) is 7.03. The fourth-order valence-electron chi connectivity index (χ4n) is 5.95. The number of hydrogen-bond donors (Lipinski definition) is 4. The van der Waals surface area contributed by atoms with Gasteiger partial charge in [-0.2, -0.15) is 0 Å². The second-order valence-electron chi connectivity index (χ2n) is 9.11. The molecule has 10 heteroatoms. The summed E-state index contributed by atoms with van der Waals surface area (Å²) >= 11 is 0. The number of nitrogens with zero attached hydrogens (tertiary/aromatic N) is 1. The molecule has 1 aromatic carbocycles. The summed E-state index contributed by atoms with van der Waals surface area (Å²) in [5, 5.41) is 33.1. The minimum Gasteiger partial charge on any atom is -0.507 e. The number of aromatic hydroxyl groups is 1. The van der Waals surface area contributed by atoms with Crippen molar-refractivity contribution < 1.29 is 39.3 Å². The molecule has 6 unspecified atom stereocenters. The van der Waals surface area contributed by atoms with Crippen LogP contribution in [0.4, 0.5) is 0 Å². The fourth-order valence-corrected chi connectivity index (χ4v) is 5.95. The molecule has 0 aliphatic heterocycles. The molecule has 0 bridgehead atoms. The molecule has 0 spiro atoms. The Morgan fingerprint density at radius 3 is 2.31 bits per heavy atom. The van der Waals surface area contributed by atoms with E-state index in [0.717, 1.165) is 0 Å². The number of phenols is 1. The van der Waals surface area contributed by atoms with Crippen molar-refractivity contribution in [1.82, 2.24) is 4.90 Å². The van der Waals surface area contributed by atoms with E-state index in [2.05, 4.69) is 0 Å². The zero-order chi connectivity index (χ0) is 23.9. The van der Waals surface area contributed by atoms with Crippen LogP contribution in [0.1, 0.15) is 28.8 Å². The van der Waals surface area contributed by atoms with Gasteiger partial charge in [-0.3, -0.25) is 28.9 Å². The van der Waals surface area contributed by atoms with Gasteiger partial charge in [0, 0.05) is 5.92 Å². The number of Topliss-reactive ketones (excluding diaryl/α,β-unsaturated/α-hetero) is 4. The Bertz CT molecular complexity index is 1080. The largest absolute Gasteiger partial charge is 0.507 e. The van der Waals surface area contributed by atoms with Crippen LogP contribution in [-0.2, 0) is 19.2 Å². The predicted molar refractivity (Wildman–Crippen MR) is 107 cm³/mol. The van der Waals surface area contributed by atoms with Crippen molar-refractivity contribution >= 4 is 29.0 Å². The van der Waals surface area contributed by atoms with Gasteiger partial charge in [-0.15, -0.1) is 0 Å². The number of nitrogens with two attached hydrogens (primary N) is 1. The first-order chi connectivity index (χ1) is 14.9. The van der Waals surface area contributed by atoms with E-state index >= 15 is 0 Å². The number of fused-ring (bicyclic) bond motifs is 3. The van der Waals surface area contributed by atoms with Gasteiger partial charge >= 0.3 is 0 Å². The molecule has 0 aromatic heterocycles. The number of carbonyl (C=O) groups is 5. The maximum atomic E-state index is 13.6. The van der Waals surface area contributed by atoms with Crippen molar-refractivity contribution in [1.29, 1.82) is 0 Å². The molecular formula is C22H24N2O8. The van der Waals surface area contributed by atoms with Crippen molar-refractivity contribution in [3.63, 3.8) is 0 Å². The molecule has 0 heterocycles. The summed E-state index contributed by atoms with van der Waals surface area (Å²) in [6.45, 7) is 1.66. The Labute approximate surface area is 183 Å². The highest BCUT2D eigenvalue weighted by molar-refractivity contribution is 6.32. The normalized spacial score (nSPS) is 38.9. The zero-order valence-corrected chi connectivity index (χ0v) is 17.7. The van der Waals surface area contributed by atoms with E-state index in [1.807, 2.05) is 0 Å². The lowest BCUT2D eigenvalue weighted by Gasteiger charge is -2.55. The van der Waals surface area contributed by atoms with Crippen LogP contribution in [0.25, 0.3) is 0 Å². The standard InChI is InChI=1S/C22H24N2O8/c1-7-8-5-4-6-9(25)11(8)16(26)12-10(7)17(27)14-15(24(2)3)18(28)13(21(23)31)20(30)22(14,32)19(12)29/h4-7,10,12-15,17,25,27,32H,1-3H3,(H2,23,31)/t7?,10?,12?,13?,14?,15-,17?,22-/m0/s1. The van der Waals surface area contributed by atoms with Gasteiger partial charge in [-0.1, -0.05) is 19.1 Å². The average molecular weight is 444 g/mol. The lowest BCUT2D eigenvalue weighted by atomic mass is 9.49. The summed E-state index contributed by atoms with van der Waals surface area (Å²) in [6.07, 6.45) is -1.62. The lowest BCUT2D eigenvalue weighted by molar-refractivity contribution is -0.196. The van der Waals surface area contributed by atoms with Gasteiger partial charge in [0.2, 0.25) is 5.91 Å². The lowest BCUT2D eigenvalue weighted by Crippen LogP contribution is -2.77. The minimum atomic E-state index is -2.97. The number of aliphatic hydroxyl groups is 2. The molecule has 170 valence electrons. The number of amides is 1. The van der Waals surface area contributed by atoms with Crippen LogP contribution in [-0.4, -0.2) is 81.1 Å². The van der Waals surface area contributed by atoms with Crippen LogP contribution in [0, 0.1) is 23.7 Å². The highest BCUT2D eigenvalue weighted by Crippen LogP contribution is 2.54. The van der Waals surface area contributed by atoms with Crippen molar-refractivity contribution in [2.45, 2.75) is 30.6 Å². The third kappa shape index (κ3) is 2.54. The number of ketones is 4. The Hall–Kier alpha value is -2.95. The monoisotopic (exact) mass is 444 g/mol. The molecule has 1 aromatic rings. The zero-order valence-electron chi connectivity index (χ0n) is 17.7. The summed E-state index contributed by atoms with van der Waals surface area (Å²) in [6, 6.07) is 3.03. The number of aliphatic hydroxyl groups excluding tert-OH is 1. The van der Waals surface area contributed by atoms with Gasteiger partial charge in [0.1, 0.15) is 5.75 Å². The Morgan fingerprint density at radius 1 is 1.12 bits per heavy atom. The number of hydrogen-bond acceptors (Lipinski definition) is 9. The Morgan fingerprint density at radius 2 is 1.75 bits per heavy atom. The molecule has 10 nitrogen and oxygen atoms in total. The van der Waals surface area contributed by atoms with Crippen molar-refractivity contribution in [3.8, 4) is 5.75 Å². The molecule has 5 N–H and O–H groups in total. The number of phenolic OH excluding ortho intramolecular Hbond substituents is 1. The van der Waals surface area contributed by atoms with Crippen LogP contribution in [0.5, 0.6) is 5.75 Å². The molecule has 0 saturated heterocycles. The van der Waals surface area contributed by atoms with Gasteiger partial charge < -0.3 is 21.1 Å². The highest BCUT2D eigenvalue weighted by Gasteiger charge is 2.72. The van der Waals surface area contributed by atoms with Gasteiger partial charge in [0.15, 0.2) is 34.7 Å². The SMILES string of the molecule is CC1c2cccc(O)c2C(=O)C2C(=O)[C@]3(O)C(=O)C(C(N)=O)C(=O)[C@@H](N(C)C)C3C(O)C21. The third-order valence-electron chi connectivity index (χ3n) is 7.35. The molecule has 0 radical (unpaired) electrons. The summed E-state index contributed by atoms with van der Waals surface area (Å²) in [7, 11) is 2.89. The van der Waals surface area contributed by atoms with Crippen molar-refractivity contribution in [2.75, 3.05) is 14.1 Å². The second-order valence-corrected chi connectivity index (χ2v) is 9.11. The fraction of sp³-hybridized carbons (Fsp3) is 0.500. The van der Waals surface area contributed by atoms with E-state index in [-0.39, 0.29) is 11.3 Å². The van der Waals surface area contributed by atoms with Gasteiger partial charge in [-0.05, 0) is 31.6 Å². The quantitative estimate of drug-likeness (QED) is 0.391. The maximum Gasteiger partial charge on any atom is 0.235 e. The van der Waals surface area contributed by atoms with Crippen molar-refractivity contribution in [3.05, 3.63) is 29.3 Å². The van der Waals surface area contributed by atoms with E-state index in [0.29, 0.717) is 5.56 Å². The Balaban J connectivity index is 1.96. The number of rotatable bonds is 2. The molecule has 3 aliphatic carbocycles. The average Bonchev–Trinajstić information content (AvgIpc) is 2.70. The van der Waals surface area contributed by atoms with Gasteiger partial charge in [-0.25, -0.2) is 0 Å². The van der Waals surface area contributed by atoms with Crippen molar-refractivity contribution in [2.24, 2.45) is 29.4 Å².